The van der Waals surface area contributed by atoms with Crippen molar-refractivity contribution in [3.63, 3.8) is 0 Å². The number of carbonyl (C=O) groups excluding carboxylic acids is 3. The number of rotatable bonds is 8. The van der Waals surface area contributed by atoms with E-state index < -0.39 is 11.9 Å². The maximum atomic E-state index is 12.2. The number of nitrogens with one attached hydrogen (secondary N) is 2. The normalized spacial score (nSPS) is 12.1. The Morgan fingerprint density at radius 1 is 1.22 bits per heavy atom. The van der Waals surface area contributed by atoms with Gasteiger partial charge in [0.2, 0.25) is 5.91 Å². The number of furan rings is 1. The quantitative estimate of drug-likeness (QED) is 0.706. The zero-order valence-electron chi connectivity index (χ0n) is 13.9. The van der Waals surface area contributed by atoms with Crippen molar-refractivity contribution in [3.05, 3.63) is 24.2 Å². The highest BCUT2D eigenvalue weighted by atomic mass is 16.5. The second-order valence-electron chi connectivity index (χ2n) is 5.75. The third-order valence-corrected chi connectivity index (χ3v) is 2.98. The van der Waals surface area contributed by atoms with Gasteiger partial charge in [-0.15, -0.1) is 0 Å². The Morgan fingerprint density at radius 2 is 1.91 bits per heavy atom. The van der Waals surface area contributed by atoms with Crippen LogP contribution in [0.15, 0.2) is 22.8 Å². The molecule has 0 aliphatic heterocycles. The van der Waals surface area contributed by atoms with Crippen LogP contribution in [0.1, 0.15) is 44.7 Å². The van der Waals surface area contributed by atoms with Gasteiger partial charge in [-0.05, 0) is 31.9 Å². The van der Waals surface area contributed by atoms with Gasteiger partial charge >= 0.3 is 5.97 Å². The Hall–Kier alpha value is -2.31. The van der Waals surface area contributed by atoms with E-state index in [-0.39, 0.29) is 42.6 Å². The third kappa shape index (κ3) is 6.54. The highest BCUT2D eigenvalue weighted by Gasteiger charge is 2.25. The molecule has 0 bridgehead atoms. The van der Waals surface area contributed by atoms with Crippen LogP contribution in [0.5, 0.6) is 0 Å². The lowest BCUT2D eigenvalue weighted by Crippen LogP contribution is -2.50. The second kappa shape index (κ2) is 8.97. The van der Waals surface area contributed by atoms with E-state index in [0.29, 0.717) is 0 Å². The molecule has 1 heterocycles. The number of hydrogen-bond acceptors (Lipinski definition) is 5. The first-order valence-electron chi connectivity index (χ1n) is 7.62. The van der Waals surface area contributed by atoms with Crippen LogP contribution in [0.3, 0.4) is 0 Å². The lowest BCUT2D eigenvalue weighted by atomic mass is 10.0. The fourth-order valence-corrected chi connectivity index (χ4v) is 1.87. The average molecular weight is 324 g/mol. The topological polar surface area (TPSA) is 97.6 Å². The minimum absolute atomic E-state index is 0.0842. The summed E-state index contributed by atoms with van der Waals surface area (Å²) in [5.41, 5.74) is 0. The van der Waals surface area contributed by atoms with Gasteiger partial charge in [0.1, 0.15) is 6.04 Å². The van der Waals surface area contributed by atoms with Crippen LogP contribution in [0, 0.1) is 5.92 Å². The van der Waals surface area contributed by atoms with Gasteiger partial charge in [0.25, 0.3) is 5.91 Å². The zero-order chi connectivity index (χ0) is 17.4. The number of amides is 2. The molecule has 0 spiro atoms. The summed E-state index contributed by atoms with van der Waals surface area (Å²) >= 11 is 0. The Kier molecular flexibility index (Phi) is 7.31. The van der Waals surface area contributed by atoms with Gasteiger partial charge in [-0.2, -0.15) is 0 Å². The van der Waals surface area contributed by atoms with Crippen molar-refractivity contribution in [3.8, 4) is 0 Å². The highest BCUT2D eigenvalue weighted by Crippen LogP contribution is 2.06. The van der Waals surface area contributed by atoms with Crippen molar-refractivity contribution in [1.82, 2.24) is 10.6 Å². The molecule has 1 aromatic rings. The van der Waals surface area contributed by atoms with Gasteiger partial charge < -0.3 is 19.8 Å². The van der Waals surface area contributed by atoms with Gasteiger partial charge in [-0.25, -0.2) is 0 Å². The molecule has 0 saturated heterocycles. The van der Waals surface area contributed by atoms with Crippen LogP contribution in [0.25, 0.3) is 0 Å². The SMILES string of the molecule is CC(C)OC(=O)CCNC(=O)C(NC(=O)c1ccco1)C(C)C. The first-order chi connectivity index (χ1) is 10.8. The molecule has 23 heavy (non-hydrogen) atoms. The van der Waals surface area contributed by atoms with Crippen LogP contribution in [0.2, 0.25) is 0 Å². The van der Waals surface area contributed by atoms with Crippen LogP contribution >= 0.6 is 0 Å². The van der Waals surface area contributed by atoms with Gasteiger partial charge in [-0.3, -0.25) is 14.4 Å². The van der Waals surface area contributed by atoms with Gasteiger partial charge in [0.05, 0.1) is 18.8 Å². The monoisotopic (exact) mass is 324 g/mol. The van der Waals surface area contributed by atoms with Crippen molar-refractivity contribution in [1.29, 1.82) is 0 Å². The first kappa shape index (κ1) is 18.7. The maximum absolute atomic E-state index is 12.2. The largest absolute Gasteiger partial charge is 0.463 e. The summed E-state index contributed by atoms with van der Waals surface area (Å²) in [5.74, 6) is -1.15. The Bertz CT molecular complexity index is 523. The number of carbonyl (C=O) groups is 3. The van der Waals surface area contributed by atoms with Crippen molar-refractivity contribution >= 4 is 17.8 Å². The molecule has 1 rings (SSSR count). The minimum Gasteiger partial charge on any atom is -0.463 e. The predicted molar refractivity (Wildman–Crippen MR) is 83.7 cm³/mol. The van der Waals surface area contributed by atoms with E-state index in [1.165, 1.54) is 12.3 Å². The van der Waals surface area contributed by atoms with Crippen LogP contribution in [0.4, 0.5) is 0 Å². The third-order valence-electron chi connectivity index (χ3n) is 2.98. The molecular formula is C16H24N2O5. The fourth-order valence-electron chi connectivity index (χ4n) is 1.87. The summed E-state index contributed by atoms with van der Waals surface area (Å²) in [5, 5.41) is 5.26. The second-order valence-corrected chi connectivity index (χ2v) is 5.75. The molecule has 1 aromatic heterocycles. The molecule has 0 saturated carbocycles. The van der Waals surface area contributed by atoms with E-state index in [1.807, 2.05) is 13.8 Å². The van der Waals surface area contributed by atoms with Crippen molar-refractivity contribution < 1.29 is 23.5 Å². The standard InChI is InChI=1S/C16H24N2O5/c1-10(2)14(18-15(20)12-6-5-9-22-12)16(21)17-8-7-13(19)23-11(3)4/h5-6,9-11,14H,7-8H2,1-4H3,(H,17,21)(H,18,20). The van der Waals surface area contributed by atoms with Gasteiger partial charge in [0, 0.05) is 6.54 Å². The molecule has 1 unspecified atom stereocenters. The molecule has 0 fully saturated rings. The van der Waals surface area contributed by atoms with Crippen LogP contribution < -0.4 is 10.6 Å². The lowest BCUT2D eigenvalue weighted by Gasteiger charge is -2.21. The molecule has 128 valence electrons. The van der Waals surface area contributed by atoms with Gasteiger partial charge in [0.15, 0.2) is 5.76 Å². The van der Waals surface area contributed by atoms with Crippen LogP contribution in [-0.2, 0) is 14.3 Å². The minimum atomic E-state index is -0.714. The summed E-state index contributed by atoms with van der Waals surface area (Å²) in [6, 6.07) is 2.40. The van der Waals surface area contributed by atoms with E-state index >= 15 is 0 Å². The molecule has 2 amide bonds. The molecule has 0 radical (unpaired) electrons. The van der Waals surface area contributed by atoms with E-state index in [2.05, 4.69) is 10.6 Å². The summed E-state index contributed by atoms with van der Waals surface area (Å²) in [7, 11) is 0. The zero-order valence-corrected chi connectivity index (χ0v) is 13.9. The smallest absolute Gasteiger partial charge is 0.307 e. The molecule has 0 aromatic carbocycles. The van der Waals surface area contributed by atoms with E-state index in [9.17, 15) is 14.4 Å². The molecule has 7 nitrogen and oxygen atoms in total. The average Bonchev–Trinajstić information content (AvgIpc) is 2.97. The fraction of sp³-hybridized carbons (Fsp3) is 0.562. The summed E-state index contributed by atoms with van der Waals surface area (Å²) in [6.45, 7) is 7.31. The Labute approximate surface area is 135 Å². The maximum Gasteiger partial charge on any atom is 0.307 e. The number of esters is 1. The molecule has 7 heteroatoms. The Balaban J connectivity index is 2.48. The lowest BCUT2D eigenvalue weighted by molar-refractivity contribution is -0.147. The molecular weight excluding hydrogens is 300 g/mol. The highest BCUT2D eigenvalue weighted by molar-refractivity contribution is 5.95. The number of ether oxygens (including phenoxy) is 1. The van der Waals surface area contributed by atoms with E-state index in [4.69, 9.17) is 9.15 Å². The first-order valence-corrected chi connectivity index (χ1v) is 7.62. The van der Waals surface area contributed by atoms with Crippen molar-refractivity contribution in [2.45, 2.75) is 46.3 Å². The van der Waals surface area contributed by atoms with Gasteiger partial charge in [-0.1, -0.05) is 13.8 Å². The molecule has 2 N–H and O–H groups in total. The van der Waals surface area contributed by atoms with E-state index in [1.54, 1.807) is 19.9 Å². The van der Waals surface area contributed by atoms with E-state index in [0.717, 1.165) is 0 Å². The predicted octanol–water partition coefficient (Wildman–Crippen LogP) is 1.49. The summed E-state index contributed by atoms with van der Waals surface area (Å²) in [6.07, 6.45) is 1.29. The molecule has 1 atom stereocenters. The summed E-state index contributed by atoms with van der Waals surface area (Å²) < 4.78 is 9.98. The van der Waals surface area contributed by atoms with Crippen molar-refractivity contribution in [2.24, 2.45) is 5.92 Å². The molecule has 0 aliphatic carbocycles. The number of hydrogen-bond donors (Lipinski definition) is 2. The molecule has 0 aliphatic rings. The van der Waals surface area contributed by atoms with Crippen LogP contribution in [-0.4, -0.2) is 36.5 Å². The van der Waals surface area contributed by atoms with Crippen molar-refractivity contribution in [2.75, 3.05) is 6.54 Å². The Morgan fingerprint density at radius 3 is 2.43 bits per heavy atom. The summed E-state index contributed by atoms with van der Waals surface area (Å²) in [4.78, 5) is 35.6.